The Morgan fingerprint density at radius 1 is 1.32 bits per heavy atom. The van der Waals surface area contributed by atoms with Gasteiger partial charge in [0.2, 0.25) is 0 Å². The quantitative estimate of drug-likeness (QED) is 0.311. The van der Waals surface area contributed by atoms with Crippen LogP contribution in [0.2, 0.25) is 0 Å². The summed E-state index contributed by atoms with van der Waals surface area (Å²) in [4.78, 5) is 0. The Kier molecular flexibility index (Phi) is 13.7. The molecule has 0 amide bonds. The fourth-order valence-electron chi connectivity index (χ4n) is 1.35. The monoisotopic (exact) mass is 340 g/mol. The number of nitrogens with one attached hydrogen (secondary N) is 1. The average Bonchev–Trinajstić information content (AvgIpc) is 2.59. The fourth-order valence-corrected chi connectivity index (χ4v) is 1.35. The number of aliphatic hydroxyl groups is 1. The third-order valence-corrected chi connectivity index (χ3v) is 1.98. The molecule has 0 aromatic heterocycles. The molecule has 1 aliphatic carbocycles. The summed E-state index contributed by atoms with van der Waals surface area (Å²) in [6.45, 7) is 8.55. The molecule has 107 valence electrons. The second-order valence-corrected chi connectivity index (χ2v) is 4.79. The van der Waals surface area contributed by atoms with E-state index < -0.39 is 0 Å². The second kappa shape index (κ2) is 10.8. The van der Waals surface area contributed by atoms with Crippen molar-refractivity contribution in [3.8, 4) is 0 Å². The molecular weight excluding hydrogens is 321 g/mol. The minimum Gasteiger partial charge on any atom is -1.00 e. The summed E-state index contributed by atoms with van der Waals surface area (Å²) in [5, 5.41) is 12.0. The maximum absolute atomic E-state index is 8.66. The van der Waals surface area contributed by atoms with E-state index in [1.54, 1.807) is 0 Å². The maximum atomic E-state index is 8.66. The van der Waals surface area contributed by atoms with Gasteiger partial charge in [0.05, 0.1) is 13.2 Å². The van der Waals surface area contributed by atoms with Crippen molar-refractivity contribution in [2.24, 2.45) is 0 Å². The van der Waals surface area contributed by atoms with Crippen molar-refractivity contribution in [1.82, 2.24) is 5.32 Å². The Balaban J connectivity index is -0.000000853. The first-order valence-electron chi connectivity index (χ1n) is 5.47. The molecule has 0 bridgehead atoms. The van der Waals surface area contributed by atoms with Gasteiger partial charge in [-0.3, -0.25) is 0 Å². The molecule has 0 aromatic rings. The van der Waals surface area contributed by atoms with Gasteiger partial charge in [-0.25, -0.2) is 0 Å². The number of allylic oxidation sites excluding steroid dienone is 5. The summed E-state index contributed by atoms with van der Waals surface area (Å²) in [5.74, 6) is 0.788. The van der Waals surface area contributed by atoms with Crippen molar-refractivity contribution >= 4 is 0 Å². The van der Waals surface area contributed by atoms with Crippen molar-refractivity contribution < 1.29 is 56.4 Å². The summed E-state index contributed by atoms with van der Waals surface area (Å²) in [7, 11) is 0. The number of halogens is 2. The van der Waals surface area contributed by atoms with Crippen LogP contribution in [0.5, 0.6) is 0 Å². The zero-order valence-electron chi connectivity index (χ0n) is 11.7. The first kappa shape index (κ1) is 24.1. The first-order chi connectivity index (χ1) is 7.42. The maximum Gasteiger partial charge on any atom is 3.00 e. The number of aliphatic hydroxyl groups excluding tert-OH is 1. The van der Waals surface area contributed by atoms with Crippen LogP contribution in [-0.2, 0) is 26.5 Å². The van der Waals surface area contributed by atoms with Gasteiger partial charge in [0.25, 0.3) is 0 Å². The molecule has 0 atom stereocenters. The van der Waals surface area contributed by atoms with Crippen molar-refractivity contribution in [2.45, 2.75) is 33.2 Å². The molecule has 1 radical (unpaired) electrons. The Morgan fingerprint density at radius 3 is 2.37 bits per heavy atom. The predicted octanol–water partition coefficient (Wildman–Crippen LogP) is -4.08. The van der Waals surface area contributed by atoms with Gasteiger partial charge in [0.15, 0.2) is 0 Å². The molecular formula is C13H20Cl2NO2Ti. The van der Waals surface area contributed by atoms with E-state index in [-0.39, 0.29) is 58.7 Å². The topological polar surface area (TPSA) is 41.5 Å². The third-order valence-electron chi connectivity index (χ3n) is 1.98. The fraction of sp³-hybridized carbons (Fsp3) is 0.538. The standard InChI is InChI=1S/C13H20NO2.2ClH.Ti/c1-10(16-8-7-15)11-5-6-12(9-11)14-13(2,3)4;;;/h5-6,14-15H,7-8H2,1-4H3;2*1H;/q-1;;;+3/p-2. The van der Waals surface area contributed by atoms with Crippen LogP contribution >= 0.6 is 0 Å². The predicted molar refractivity (Wildman–Crippen MR) is 64.5 cm³/mol. The molecule has 0 aromatic carbocycles. The summed E-state index contributed by atoms with van der Waals surface area (Å²) < 4.78 is 5.33. The van der Waals surface area contributed by atoms with Gasteiger partial charge >= 0.3 is 21.7 Å². The van der Waals surface area contributed by atoms with E-state index in [4.69, 9.17) is 9.84 Å². The Morgan fingerprint density at radius 2 is 1.89 bits per heavy atom. The van der Waals surface area contributed by atoms with Crippen LogP contribution in [0.4, 0.5) is 0 Å². The van der Waals surface area contributed by atoms with Crippen molar-refractivity contribution in [1.29, 1.82) is 0 Å². The summed E-state index contributed by atoms with van der Waals surface area (Å²) in [5.41, 5.74) is 1.93. The van der Waals surface area contributed by atoms with Gasteiger partial charge in [-0.1, -0.05) is 5.70 Å². The first-order valence-corrected chi connectivity index (χ1v) is 5.47. The molecule has 0 spiro atoms. The number of rotatable bonds is 4. The summed E-state index contributed by atoms with van der Waals surface area (Å²) in [6, 6.07) is 0. The van der Waals surface area contributed by atoms with E-state index in [0.717, 1.165) is 17.0 Å². The van der Waals surface area contributed by atoms with Crippen LogP contribution in [0.1, 0.15) is 27.7 Å². The molecule has 2 N–H and O–H groups in total. The minimum absolute atomic E-state index is 0. The van der Waals surface area contributed by atoms with Crippen molar-refractivity contribution in [2.75, 3.05) is 13.2 Å². The summed E-state index contributed by atoms with van der Waals surface area (Å²) in [6.07, 6.45) is 7.16. The van der Waals surface area contributed by atoms with Gasteiger partial charge in [-0.05, 0) is 27.7 Å². The van der Waals surface area contributed by atoms with Crippen molar-refractivity contribution in [3.05, 3.63) is 35.3 Å². The van der Waals surface area contributed by atoms with Crippen LogP contribution < -0.4 is 30.1 Å². The van der Waals surface area contributed by atoms with Crippen molar-refractivity contribution in [3.63, 3.8) is 0 Å². The molecule has 0 unspecified atom stereocenters. The van der Waals surface area contributed by atoms with E-state index >= 15 is 0 Å². The molecule has 6 heteroatoms. The van der Waals surface area contributed by atoms with E-state index in [2.05, 4.69) is 32.2 Å². The number of hydrogen-bond acceptors (Lipinski definition) is 3. The van der Waals surface area contributed by atoms with Gasteiger partial charge in [0.1, 0.15) is 0 Å². The average molecular weight is 341 g/mol. The Bertz CT molecular complexity index is 347. The molecule has 19 heavy (non-hydrogen) atoms. The summed E-state index contributed by atoms with van der Waals surface area (Å²) >= 11 is 0. The number of ether oxygens (including phenoxy) is 1. The van der Waals surface area contributed by atoms with E-state index in [0.29, 0.717) is 6.61 Å². The van der Waals surface area contributed by atoms with Crippen LogP contribution in [0.3, 0.4) is 0 Å². The largest absolute Gasteiger partial charge is 3.00 e. The minimum atomic E-state index is 0. The van der Waals surface area contributed by atoms with Gasteiger partial charge in [0, 0.05) is 11.3 Å². The SMILES string of the molecule is CC(OCCO)=C1[C-]=C(NC(C)(C)C)C=C1.[Cl-].[Cl-].[Ti+3]. The Labute approximate surface area is 143 Å². The molecule has 0 aliphatic heterocycles. The Hall–Kier alpha value is 0.0743. The van der Waals surface area contributed by atoms with E-state index in [1.807, 2.05) is 19.1 Å². The second-order valence-electron chi connectivity index (χ2n) is 4.79. The molecule has 1 rings (SSSR count). The van der Waals surface area contributed by atoms with Crippen LogP contribution in [0.25, 0.3) is 0 Å². The van der Waals surface area contributed by atoms with Gasteiger partial charge in [-0.2, -0.15) is 12.2 Å². The molecule has 1 aliphatic rings. The zero-order chi connectivity index (χ0) is 12.2. The third kappa shape index (κ3) is 9.58. The van der Waals surface area contributed by atoms with Crippen LogP contribution in [0.15, 0.2) is 29.2 Å². The molecule has 3 nitrogen and oxygen atoms in total. The smallest absolute Gasteiger partial charge is 1.00 e. The zero-order valence-corrected chi connectivity index (χ0v) is 14.8. The van der Waals surface area contributed by atoms with Gasteiger partial charge < -0.3 is 40.0 Å². The van der Waals surface area contributed by atoms with Gasteiger partial charge in [-0.15, -0.1) is 11.6 Å². The van der Waals surface area contributed by atoms with Crippen LogP contribution in [0, 0.1) is 6.08 Å². The van der Waals surface area contributed by atoms with E-state index in [1.165, 1.54) is 0 Å². The van der Waals surface area contributed by atoms with Crippen LogP contribution in [-0.4, -0.2) is 23.9 Å². The molecule has 0 fully saturated rings. The van der Waals surface area contributed by atoms with E-state index in [9.17, 15) is 0 Å². The molecule has 0 saturated carbocycles. The normalized spacial score (nSPS) is 15.5. The number of hydrogen-bond donors (Lipinski definition) is 2. The molecule has 0 saturated heterocycles. The molecule has 0 heterocycles.